The highest BCUT2D eigenvalue weighted by Crippen LogP contribution is 2.49. The molecule has 0 bridgehead atoms. The molecule has 1 N–H and O–H groups in total. The van der Waals surface area contributed by atoms with E-state index in [0.29, 0.717) is 6.04 Å². The fourth-order valence-corrected chi connectivity index (χ4v) is 7.71. The van der Waals surface area contributed by atoms with E-state index in [2.05, 4.69) is 44.6 Å². The Morgan fingerprint density at radius 3 is 2.56 bits per heavy atom. The second-order valence-electron chi connectivity index (χ2n) is 12.4. The van der Waals surface area contributed by atoms with Crippen molar-refractivity contribution in [3.05, 3.63) is 40.7 Å². The van der Waals surface area contributed by atoms with Crippen LogP contribution in [0.5, 0.6) is 0 Å². The van der Waals surface area contributed by atoms with Crippen LogP contribution in [0.3, 0.4) is 0 Å². The maximum Gasteiger partial charge on any atom is 0.246 e. The van der Waals surface area contributed by atoms with Crippen LogP contribution < -0.4 is 4.90 Å². The molecule has 7 rings (SSSR count). The predicted molar refractivity (Wildman–Crippen MR) is 162 cm³/mol. The van der Waals surface area contributed by atoms with Gasteiger partial charge in [0.05, 0.1) is 47.6 Å². The van der Waals surface area contributed by atoms with Gasteiger partial charge in [0.1, 0.15) is 0 Å². The highest BCUT2D eigenvalue weighted by Gasteiger charge is 2.50. The Hall–Kier alpha value is -2.88. The molecule has 0 atom stereocenters. The van der Waals surface area contributed by atoms with E-state index in [1.165, 1.54) is 19.3 Å². The van der Waals surface area contributed by atoms with E-state index in [1.54, 1.807) is 6.08 Å². The summed E-state index contributed by atoms with van der Waals surface area (Å²) in [5.74, 6) is 1.15. The Bertz CT molecular complexity index is 1490. The first kappa shape index (κ1) is 27.0. The number of aromatic amines is 1. The molecule has 3 aromatic rings. The summed E-state index contributed by atoms with van der Waals surface area (Å²) in [6.45, 7) is 12.3. The van der Waals surface area contributed by atoms with Crippen molar-refractivity contribution in [3.8, 4) is 11.1 Å². The standard InChI is InChI=1S/C31H40ClN7O2/c1-4-6-26(40)36-11-7-22(8-12-36)39-21(3)27(28-24-16-33-34-25(24)15-20(2)29(28)32)30(35-39)38-14-13-37(23-17-41-18-23)19-31(38)9-5-10-31/h4,6,15-16,22-23H,5,7-14,17-19H2,1-3H3,(H,33,34)/b6-4+. The van der Waals surface area contributed by atoms with Crippen molar-refractivity contribution >= 4 is 34.2 Å². The number of carbonyl (C=O) groups is 1. The number of carbonyl (C=O) groups excluding carboxylic acids is 1. The summed E-state index contributed by atoms with van der Waals surface area (Å²) in [5.41, 5.74) is 5.40. The number of nitrogens with one attached hydrogen (secondary N) is 1. The van der Waals surface area contributed by atoms with Crippen molar-refractivity contribution < 1.29 is 9.53 Å². The molecule has 3 aliphatic heterocycles. The Labute approximate surface area is 246 Å². The van der Waals surface area contributed by atoms with Crippen LogP contribution in [0, 0.1) is 13.8 Å². The van der Waals surface area contributed by atoms with Gasteiger partial charge < -0.3 is 14.5 Å². The fourth-order valence-electron chi connectivity index (χ4n) is 7.46. The van der Waals surface area contributed by atoms with Gasteiger partial charge in [0.15, 0.2) is 5.82 Å². The van der Waals surface area contributed by atoms with E-state index in [-0.39, 0.29) is 17.5 Å². The Balaban J connectivity index is 1.32. The number of piperazine rings is 1. The second-order valence-corrected chi connectivity index (χ2v) is 12.8. The van der Waals surface area contributed by atoms with Crippen LogP contribution in [-0.2, 0) is 9.53 Å². The molecule has 1 spiro atoms. The number of allylic oxidation sites excluding steroid dienone is 1. The molecule has 1 aliphatic carbocycles. The molecular formula is C31H40ClN7O2. The van der Waals surface area contributed by atoms with Gasteiger partial charge in [0.25, 0.3) is 0 Å². The summed E-state index contributed by atoms with van der Waals surface area (Å²) in [6, 6.07) is 2.85. The van der Waals surface area contributed by atoms with Crippen molar-refractivity contribution in [2.45, 2.75) is 70.5 Å². The number of anilines is 1. The minimum absolute atomic E-state index is 0.0856. The number of hydrogen-bond acceptors (Lipinski definition) is 6. The van der Waals surface area contributed by atoms with E-state index >= 15 is 0 Å². The lowest BCUT2D eigenvalue weighted by Gasteiger charge is -2.58. The van der Waals surface area contributed by atoms with Gasteiger partial charge in [-0.2, -0.15) is 10.2 Å². The number of benzene rings is 1. The van der Waals surface area contributed by atoms with E-state index in [4.69, 9.17) is 21.4 Å². The summed E-state index contributed by atoms with van der Waals surface area (Å²) in [5, 5.41) is 14.8. The van der Waals surface area contributed by atoms with Crippen molar-refractivity contribution in [3.63, 3.8) is 0 Å². The number of rotatable bonds is 5. The smallest absolute Gasteiger partial charge is 0.246 e. The van der Waals surface area contributed by atoms with Gasteiger partial charge in [0, 0.05) is 54.9 Å². The maximum atomic E-state index is 12.5. The van der Waals surface area contributed by atoms with E-state index in [9.17, 15) is 4.79 Å². The molecule has 9 nitrogen and oxygen atoms in total. The lowest BCUT2D eigenvalue weighted by molar-refractivity contribution is -0.127. The lowest BCUT2D eigenvalue weighted by atomic mass is 9.73. The number of fused-ring (bicyclic) bond motifs is 1. The van der Waals surface area contributed by atoms with Gasteiger partial charge in [-0.05, 0) is 70.6 Å². The summed E-state index contributed by atoms with van der Waals surface area (Å²) in [6.07, 6.45) is 10.8. The van der Waals surface area contributed by atoms with Crippen molar-refractivity contribution in [2.24, 2.45) is 0 Å². The molecule has 2 aromatic heterocycles. The van der Waals surface area contributed by atoms with Crippen molar-refractivity contribution in [1.29, 1.82) is 0 Å². The molecule has 1 saturated carbocycles. The van der Waals surface area contributed by atoms with E-state index < -0.39 is 0 Å². The van der Waals surface area contributed by atoms with Crippen LogP contribution in [0.2, 0.25) is 5.02 Å². The quantitative estimate of drug-likeness (QED) is 0.435. The number of likely N-dealkylation sites (tertiary alicyclic amines) is 1. The molecule has 4 aliphatic rings. The second kappa shape index (κ2) is 10.4. The Morgan fingerprint density at radius 1 is 1.12 bits per heavy atom. The number of aryl methyl sites for hydroxylation is 1. The number of ether oxygens (including phenoxy) is 1. The third-order valence-electron chi connectivity index (χ3n) is 10.0. The van der Waals surface area contributed by atoms with Gasteiger partial charge in [-0.25, -0.2) is 0 Å². The maximum absolute atomic E-state index is 12.5. The topological polar surface area (TPSA) is 82.5 Å². The van der Waals surface area contributed by atoms with E-state index in [1.807, 2.05) is 24.1 Å². The largest absolute Gasteiger partial charge is 0.378 e. The monoisotopic (exact) mass is 577 g/mol. The van der Waals surface area contributed by atoms with Gasteiger partial charge >= 0.3 is 0 Å². The molecule has 1 aromatic carbocycles. The zero-order chi connectivity index (χ0) is 28.3. The number of H-pyrrole nitrogens is 1. The highest BCUT2D eigenvalue weighted by atomic mass is 35.5. The summed E-state index contributed by atoms with van der Waals surface area (Å²) in [4.78, 5) is 19.7. The summed E-state index contributed by atoms with van der Waals surface area (Å²) < 4.78 is 7.81. The Kier molecular flexibility index (Phi) is 6.87. The average molecular weight is 578 g/mol. The van der Waals surface area contributed by atoms with Crippen LogP contribution in [-0.4, -0.2) is 93.2 Å². The molecule has 41 heavy (non-hydrogen) atoms. The zero-order valence-electron chi connectivity index (χ0n) is 24.3. The van der Waals surface area contributed by atoms with Crippen LogP contribution in [0.25, 0.3) is 22.0 Å². The number of halogens is 1. The van der Waals surface area contributed by atoms with Crippen LogP contribution >= 0.6 is 11.6 Å². The Morgan fingerprint density at radius 2 is 1.90 bits per heavy atom. The first-order valence-corrected chi connectivity index (χ1v) is 15.5. The lowest BCUT2D eigenvalue weighted by Crippen LogP contribution is -2.69. The molecule has 10 heteroatoms. The average Bonchev–Trinajstić information content (AvgIpc) is 3.52. The van der Waals surface area contributed by atoms with Gasteiger partial charge in [-0.15, -0.1) is 0 Å². The minimum atomic E-state index is 0.0856. The predicted octanol–water partition coefficient (Wildman–Crippen LogP) is 4.88. The normalized spacial score (nSPS) is 22.1. The zero-order valence-corrected chi connectivity index (χ0v) is 25.1. The third kappa shape index (κ3) is 4.39. The molecule has 5 heterocycles. The highest BCUT2D eigenvalue weighted by molar-refractivity contribution is 6.36. The first-order chi connectivity index (χ1) is 19.9. The van der Waals surface area contributed by atoms with Crippen LogP contribution in [0.1, 0.15) is 56.3 Å². The summed E-state index contributed by atoms with van der Waals surface area (Å²) >= 11 is 7.17. The molecule has 218 valence electrons. The molecule has 0 radical (unpaired) electrons. The molecule has 1 amide bonds. The molecule has 4 fully saturated rings. The van der Waals surface area contributed by atoms with Crippen LogP contribution in [0.15, 0.2) is 24.4 Å². The SMILES string of the molecule is C/C=C/C(=O)N1CCC(n2nc(N3CCN(C4COC4)CC34CCC4)c(-c3c(Cl)c(C)cc4[nH]ncc34)c2C)CC1. The summed E-state index contributed by atoms with van der Waals surface area (Å²) in [7, 11) is 0. The van der Waals surface area contributed by atoms with Gasteiger partial charge in [-0.3, -0.25) is 19.5 Å². The number of piperidine rings is 1. The number of amides is 1. The van der Waals surface area contributed by atoms with Crippen LogP contribution in [0.4, 0.5) is 5.82 Å². The fraction of sp³-hybridized carbons (Fsp3) is 0.581. The van der Waals surface area contributed by atoms with Gasteiger partial charge in [-0.1, -0.05) is 17.7 Å². The van der Waals surface area contributed by atoms with Crippen molar-refractivity contribution in [2.75, 3.05) is 50.8 Å². The van der Waals surface area contributed by atoms with Gasteiger partial charge in [0.2, 0.25) is 5.91 Å². The number of hydrogen-bond donors (Lipinski definition) is 1. The molecular weight excluding hydrogens is 538 g/mol. The number of nitrogens with zero attached hydrogens (tertiary/aromatic N) is 6. The third-order valence-corrected chi connectivity index (χ3v) is 10.5. The molecule has 0 unspecified atom stereocenters. The molecule has 3 saturated heterocycles. The van der Waals surface area contributed by atoms with E-state index in [0.717, 1.165) is 103 Å². The van der Waals surface area contributed by atoms with Crippen molar-refractivity contribution in [1.82, 2.24) is 29.8 Å². The minimum Gasteiger partial charge on any atom is -0.378 e. The number of aromatic nitrogens is 4. The first-order valence-electron chi connectivity index (χ1n) is 15.1.